The fraction of sp³-hybridized carbons (Fsp3) is 0.286. The van der Waals surface area contributed by atoms with Crippen molar-refractivity contribution in [3.8, 4) is 5.75 Å². The van der Waals surface area contributed by atoms with E-state index in [1.165, 1.54) is 17.7 Å². The minimum Gasteiger partial charge on any atom is -0.492 e. The zero-order valence-corrected chi connectivity index (χ0v) is 22.0. The van der Waals surface area contributed by atoms with Crippen molar-refractivity contribution in [1.82, 2.24) is 5.43 Å². The molecule has 0 fully saturated rings. The highest BCUT2D eigenvalue weighted by Crippen LogP contribution is 2.32. The molecule has 0 saturated carbocycles. The number of ether oxygens (including phenoxy) is 1. The normalized spacial score (nSPS) is 12.2. The van der Waals surface area contributed by atoms with E-state index in [4.69, 9.17) is 4.74 Å². The van der Waals surface area contributed by atoms with Crippen molar-refractivity contribution in [1.29, 1.82) is 0 Å². The fourth-order valence-corrected chi connectivity index (χ4v) is 5.41. The highest BCUT2D eigenvalue weighted by molar-refractivity contribution is 7.92. The molecule has 0 atom stereocenters. The summed E-state index contributed by atoms with van der Waals surface area (Å²) >= 11 is 0. The van der Waals surface area contributed by atoms with Crippen LogP contribution in [-0.2, 0) is 20.2 Å². The zero-order chi connectivity index (χ0) is 26.2. The highest BCUT2D eigenvalue weighted by atomic mass is 32.2. The van der Waals surface area contributed by atoms with Crippen LogP contribution in [0.2, 0.25) is 0 Å². The molecule has 7 nitrogen and oxygen atoms in total. The predicted molar refractivity (Wildman–Crippen MR) is 144 cm³/mol. The minimum absolute atomic E-state index is 0.0772. The van der Waals surface area contributed by atoms with Gasteiger partial charge in [-0.2, -0.15) is 5.10 Å². The molecular weight excluding hydrogens is 474 g/mol. The lowest BCUT2D eigenvalue weighted by atomic mass is 9.80. The lowest BCUT2D eigenvalue weighted by molar-refractivity contribution is -0.119. The SMILES string of the molecule is CCOc1ccccc1N(CC(=O)N/N=C(\C)CC(C)(C)c1ccccc1)S(=O)(=O)c1ccccc1. The van der Waals surface area contributed by atoms with E-state index in [0.29, 0.717) is 18.8 Å². The molecule has 0 spiro atoms. The van der Waals surface area contributed by atoms with E-state index >= 15 is 0 Å². The van der Waals surface area contributed by atoms with Crippen LogP contribution in [0.1, 0.15) is 39.7 Å². The van der Waals surface area contributed by atoms with Gasteiger partial charge >= 0.3 is 0 Å². The topological polar surface area (TPSA) is 88.1 Å². The van der Waals surface area contributed by atoms with Crippen molar-refractivity contribution < 1.29 is 17.9 Å². The average molecular weight is 508 g/mol. The van der Waals surface area contributed by atoms with Crippen LogP contribution in [0.15, 0.2) is 94.9 Å². The van der Waals surface area contributed by atoms with E-state index in [0.717, 1.165) is 10.0 Å². The quantitative estimate of drug-likeness (QED) is 0.288. The van der Waals surface area contributed by atoms with Gasteiger partial charge in [-0.3, -0.25) is 9.10 Å². The molecule has 0 aliphatic carbocycles. The fourth-order valence-electron chi connectivity index (χ4n) is 3.95. The van der Waals surface area contributed by atoms with Crippen LogP contribution in [0.5, 0.6) is 5.75 Å². The van der Waals surface area contributed by atoms with Crippen molar-refractivity contribution in [2.75, 3.05) is 17.5 Å². The number of rotatable bonds is 11. The second-order valence-electron chi connectivity index (χ2n) is 9.03. The number of sulfonamides is 1. The van der Waals surface area contributed by atoms with Crippen molar-refractivity contribution in [2.24, 2.45) is 5.10 Å². The van der Waals surface area contributed by atoms with E-state index in [2.05, 4.69) is 36.5 Å². The third kappa shape index (κ3) is 6.73. The molecule has 0 aliphatic rings. The Labute approximate surface area is 213 Å². The van der Waals surface area contributed by atoms with Crippen LogP contribution in [0.25, 0.3) is 0 Å². The Kier molecular flexibility index (Phi) is 8.88. The number of anilines is 1. The molecule has 3 aromatic rings. The molecule has 36 heavy (non-hydrogen) atoms. The van der Waals surface area contributed by atoms with Crippen molar-refractivity contribution in [3.05, 3.63) is 90.5 Å². The maximum atomic E-state index is 13.6. The molecule has 0 unspecified atom stereocenters. The standard InChI is InChI=1S/C28H33N3O4S/c1-5-35-26-19-13-12-18-25(26)31(36(33,34)24-16-10-7-11-17-24)21-27(32)30-29-22(2)20-28(3,4)23-14-8-6-9-15-23/h6-19H,5,20-21H2,1-4H3,(H,30,32)/b29-22+. The lowest BCUT2D eigenvalue weighted by Gasteiger charge is -2.26. The van der Waals surface area contributed by atoms with Gasteiger partial charge in [-0.05, 0) is 55.5 Å². The molecule has 3 aromatic carbocycles. The zero-order valence-electron chi connectivity index (χ0n) is 21.1. The monoisotopic (exact) mass is 507 g/mol. The van der Waals surface area contributed by atoms with Gasteiger partial charge < -0.3 is 4.74 Å². The number of carbonyl (C=O) groups excluding carboxylic acids is 1. The molecule has 0 heterocycles. The predicted octanol–water partition coefficient (Wildman–Crippen LogP) is 5.14. The summed E-state index contributed by atoms with van der Waals surface area (Å²) in [5, 5.41) is 4.26. The molecule has 3 rings (SSSR count). The van der Waals surface area contributed by atoms with Crippen molar-refractivity contribution in [3.63, 3.8) is 0 Å². The van der Waals surface area contributed by atoms with E-state index in [-0.39, 0.29) is 16.0 Å². The molecule has 1 amide bonds. The molecule has 0 aromatic heterocycles. The number of hydrazone groups is 1. The van der Waals surface area contributed by atoms with Crippen molar-refractivity contribution in [2.45, 2.75) is 44.4 Å². The lowest BCUT2D eigenvalue weighted by Crippen LogP contribution is -2.40. The molecular formula is C28H33N3O4S. The second kappa shape index (κ2) is 11.9. The van der Waals surface area contributed by atoms with E-state index in [1.54, 1.807) is 42.5 Å². The first-order valence-electron chi connectivity index (χ1n) is 11.8. The molecule has 1 N–H and O–H groups in total. The molecule has 8 heteroatoms. The summed E-state index contributed by atoms with van der Waals surface area (Å²) in [6.45, 7) is 7.77. The van der Waals surface area contributed by atoms with Gasteiger partial charge in [0.05, 0.1) is 17.2 Å². The first-order valence-corrected chi connectivity index (χ1v) is 13.3. The van der Waals surface area contributed by atoms with Gasteiger partial charge in [0.2, 0.25) is 0 Å². The van der Waals surface area contributed by atoms with Crippen molar-refractivity contribution >= 4 is 27.3 Å². The number of nitrogens with one attached hydrogen (secondary N) is 1. The van der Waals surface area contributed by atoms with Crippen LogP contribution in [0, 0.1) is 0 Å². The number of para-hydroxylation sites is 2. The highest BCUT2D eigenvalue weighted by Gasteiger charge is 2.29. The van der Waals surface area contributed by atoms with Crippen LogP contribution in [0.4, 0.5) is 5.69 Å². The number of hydrogen-bond acceptors (Lipinski definition) is 5. The average Bonchev–Trinajstić information content (AvgIpc) is 2.87. The van der Waals surface area contributed by atoms with Gasteiger partial charge in [-0.1, -0.05) is 74.5 Å². The van der Waals surface area contributed by atoms with E-state index in [1.807, 2.05) is 32.0 Å². The van der Waals surface area contributed by atoms with Gasteiger partial charge in [-0.15, -0.1) is 0 Å². The summed E-state index contributed by atoms with van der Waals surface area (Å²) < 4.78 is 33.8. The smallest absolute Gasteiger partial charge is 0.264 e. The number of benzene rings is 3. The molecule has 0 radical (unpaired) electrons. The number of nitrogens with zero attached hydrogens (tertiary/aromatic N) is 2. The summed E-state index contributed by atoms with van der Waals surface area (Å²) in [6.07, 6.45) is 0.622. The van der Waals surface area contributed by atoms with Crippen LogP contribution < -0.4 is 14.5 Å². The maximum absolute atomic E-state index is 13.6. The first-order chi connectivity index (χ1) is 17.1. The third-order valence-corrected chi connectivity index (χ3v) is 7.45. The largest absolute Gasteiger partial charge is 0.492 e. The van der Waals surface area contributed by atoms with Crippen LogP contribution >= 0.6 is 0 Å². The van der Waals surface area contributed by atoms with Gasteiger partial charge in [0.15, 0.2) is 0 Å². The molecule has 190 valence electrons. The Morgan fingerprint density at radius 2 is 1.53 bits per heavy atom. The summed E-state index contributed by atoms with van der Waals surface area (Å²) in [4.78, 5) is 13.0. The van der Waals surface area contributed by atoms with Crippen LogP contribution in [0.3, 0.4) is 0 Å². The summed E-state index contributed by atoms with van der Waals surface area (Å²) in [5.41, 5.74) is 4.53. The van der Waals surface area contributed by atoms with Gasteiger partial charge in [0.25, 0.3) is 15.9 Å². The van der Waals surface area contributed by atoms with Gasteiger partial charge in [-0.25, -0.2) is 13.8 Å². The summed E-state index contributed by atoms with van der Waals surface area (Å²) in [5.74, 6) is -0.186. The van der Waals surface area contributed by atoms with Gasteiger partial charge in [0.1, 0.15) is 12.3 Å². The third-order valence-electron chi connectivity index (χ3n) is 5.68. The Morgan fingerprint density at radius 3 is 2.17 bits per heavy atom. The Morgan fingerprint density at radius 1 is 0.944 bits per heavy atom. The van der Waals surface area contributed by atoms with Gasteiger partial charge in [0, 0.05) is 5.71 Å². The first kappa shape index (κ1) is 26.9. The van der Waals surface area contributed by atoms with E-state index in [9.17, 15) is 13.2 Å². The number of amides is 1. The van der Waals surface area contributed by atoms with E-state index < -0.39 is 22.5 Å². The molecule has 0 saturated heterocycles. The number of hydrogen-bond donors (Lipinski definition) is 1. The summed E-state index contributed by atoms with van der Waals surface area (Å²) in [7, 11) is -4.05. The molecule has 0 bridgehead atoms. The second-order valence-corrected chi connectivity index (χ2v) is 10.9. The number of carbonyl (C=O) groups is 1. The Bertz CT molecular complexity index is 1290. The minimum atomic E-state index is -4.05. The molecule has 0 aliphatic heterocycles. The Hall–Kier alpha value is -3.65. The summed E-state index contributed by atoms with van der Waals surface area (Å²) in [6, 6.07) is 24.9. The van der Waals surface area contributed by atoms with Crippen LogP contribution in [-0.4, -0.2) is 33.2 Å². The maximum Gasteiger partial charge on any atom is 0.264 e. The Balaban J connectivity index is 1.83.